The van der Waals surface area contributed by atoms with Crippen molar-refractivity contribution in [3.8, 4) is 0 Å². The summed E-state index contributed by atoms with van der Waals surface area (Å²) in [6.07, 6.45) is 82.1. The standard InChI is InChI=1S/C77H130O16P2/c1-4-7-10-13-16-19-22-25-28-30-31-32-33-34-35-36-37-38-39-41-44-45-48-51-54-57-60-63-75(80)87-66-72(78)67-89-94(83,84)90-68-73(79)69-91-95(85,86)92-71-74(93-77(82)65-62-59-56-53-50-47-42-27-24-21-18-15-12-9-6-3)70-88-76(81)64-61-58-55-52-49-46-43-40-29-26-23-20-17-14-11-8-5-2/h7-8,10-11,16-21,25-29,31-32,34-35,37-38,42,72-74,78-79H,4-6,9,12-15,22-24,30,33,36,39-41,43-71H2,1-3H3,(H,83,84)(H,85,86)/b10-7-,11-8-,19-16-,20-17-,21-18-,28-25-,29-26-,32-31-,35-34-,38-37-,42-27-. The van der Waals surface area contributed by atoms with Gasteiger partial charge in [0, 0.05) is 19.3 Å². The predicted octanol–water partition coefficient (Wildman–Crippen LogP) is 20.8. The van der Waals surface area contributed by atoms with Crippen LogP contribution >= 0.6 is 15.6 Å². The summed E-state index contributed by atoms with van der Waals surface area (Å²) in [5, 5.41) is 20.6. The monoisotopic (exact) mass is 1370 g/mol. The maximum atomic E-state index is 12.9. The van der Waals surface area contributed by atoms with Crippen LogP contribution in [0.4, 0.5) is 0 Å². The van der Waals surface area contributed by atoms with Crippen molar-refractivity contribution < 1.29 is 75.8 Å². The van der Waals surface area contributed by atoms with Gasteiger partial charge in [-0.2, -0.15) is 0 Å². The molecule has 0 heterocycles. The Balaban J connectivity index is 4.58. The fraction of sp³-hybridized carbons (Fsp3) is 0.675. The Morgan fingerprint density at radius 3 is 0.884 bits per heavy atom. The van der Waals surface area contributed by atoms with Crippen molar-refractivity contribution in [3.05, 3.63) is 134 Å². The van der Waals surface area contributed by atoms with Gasteiger partial charge in [-0.15, -0.1) is 0 Å². The highest BCUT2D eigenvalue weighted by molar-refractivity contribution is 7.47. The van der Waals surface area contributed by atoms with E-state index in [1.165, 1.54) is 38.5 Å². The summed E-state index contributed by atoms with van der Waals surface area (Å²) < 4.78 is 61.0. The Morgan fingerprint density at radius 2 is 0.558 bits per heavy atom. The lowest BCUT2D eigenvalue weighted by Gasteiger charge is -2.21. The second kappa shape index (κ2) is 69.6. The summed E-state index contributed by atoms with van der Waals surface area (Å²) in [6, 6.07) is 0. The van der Waals surface area contributed by atoms with Crippen molar-refractivity contribution in [2.75, 3.05) is 39.6 Å². The molecule has 0 aliphatic heterocycles. The van der Waals surface area contributed by atoms with Crippen LogP contribution in [0.25, 0.3) is 0 Å². The molecule has 0 bridgehead atoms. The van der Waals surface area contributed by atoms with Crippen LogP contribution in [-0.2, 0) is 55.8 Å². The second-order valence-corrected chi connectivity index (χ2v) is 26.9. The highest BCUT2D eigenvalue weighted by atomic mass is 31.2. The molecule has 0 aliphatic rings. The highest BCUT2D eigenvalue weighted by Gasteiger charge is 2.29. The van der Waals surface area contributed by atoms with E-state index >= 15 is 0 Å². The predicted molar refractivity (Wildman–Crippen MR) is 390 cm³/mol. The fourth-order valence-corrected chi connectivity index (χ4v) is 10.9. The molecule has 5 unspecified atom stereocenters. The number of phosphoric ester groups is 2. The van der Waals surface area contributed by atoms with Crippen molar-refractivity contribution in [2.45, 2.75) is 296 Å². The van der Waals surface area contributed by atoms with E-state index in [1.54, 1.807) is 0 Å². The number of aliphatic hydroxyl groups is 2. The normalized spacial score (nSPS) is 14.9. The largest absolute Gasteiger partial charge is 0.472 e. The van der Waals surface area contributed by atoms with E-state index in [-0.39, 0.29) is 19.3 Å². The summed E-state index contributed by atoms with van der Waals surface area (Å²) >= 11 is 0. The minimum atomic E-state index is -4.93. The van der Waals surface area contributed by atoms with Gasteiger partial charge in [0.2, 0.25) is 0 Å². The molecular weight excluding hydrogens is 1240 g/mol. The maximum absolute atomic E-state index is 12.9. The third-order valence-corrected chi connectivity index (χ3v) is 16.7. The van der Waals surface area contributed by atoms with Gasteiger partial charge in [-0.25, -0.2) is 9.13 Å². The van der Waals surface area contributed by atoms with Crippen LogP contribution in [0.3, 0.4) is 0 Å². The van der Waals surface area contributed by atoms with Gasteiger partial charge in [0.1, 0.15) is 25.4 Å². The lowest BCUT2D eigenvalue weighted by atomic mass is 10.1. The molecule has 0 aromatic heterocycles. The van der Waals surface area contributed by atoms with Gasteiger partial charge >= 0.3 is 33.6 Å². The topological polar surface area (TPSA) is 231 Å². The molecule has 18 heteroatoms. The van der Waals surface area contributed by atoms with Crippen LogP contribution in [0.15, 0.2) is 134 Å². The van der Waals surface area contributed by atoms with Crippen molar-refractivity contribution in [1.29, 1.82) is 0 Å². The third kappa shape index (κ3) is 70.8. The number of carbonyl (C=O) groups is 3. The molecule has 5 atom stereocenters. The molecule has 0 aromatic rings. The summed E-state index contributed by atoms with van der Waals surface area (Å²) in [5.74, 6) is -1.61. The first-order chi connectivity index (χ1) is 46.2. The Kier molecular flexibility index (Phi) is 66.4. The molecule has 0 radical (unpaired) electrons. The number of allylic oxidation sites excluding steroid dienone is 22. The molecule has 95 heavy (non-hydrogen) atoms. The van der Waals surface area contributed by atoms with Crippen molar-refractivity contribution in [3.63, 3.8) is 0 Å². The zero-order valence-corrected chi connectivity index (χ0v) is 60.8. The zero-order chi connectivity index (χ0) is 69.5. The number of hydrogen-bond acceptors (Lipinski definition) is 14. The van der Waals surface area contributed by atoms with Gasteiger partial charge in [-0.3, -0.25) is 32.5 Å². The van der Waals surface area contributed by atoms with Gasteiger partial charge in [0.25, 0.3) is 0 Å². The number of rotatable bonds is 68. The van der Waals surface area contributed by atoms with E-state index in [9.17, 15) is 43.5 Å². The number of hydrogen-bond donors (Lipinski definition) is 4. The van der Waals surface area contributed by atoms with E-state index in [0.29, 0.717) is 19.3 Å². The summed E-state index contributed by atoms with van der Waals surface area (Å²) in [6.45, 7) is 2.38. The molecule has 0 aliphatic carbocycles. The van der Waals surface area contributed by atoms with Crippen molar-refractivity contribution >= 4 is 33.6 Å². The molecule has 0 amide bonds. The first-order valence-electron chi connectivity index (χ1n) is 36.5. The van der Waals surface area contributed by atoms with Crippen LogP contribution < -0.4 is 0 Å². The van der Waals surface area contributed by atoms with Gasteiger partial charge in [0.05, 0.1) is 26.4 Å². The first-order valence-corrected chi connectivity index (χ1v) is 39.5. The smallest absolute Gasteiger partial charge is 0.463 e. The Hall–Kier alpha value is -4.31. The summed E-state index contributed by atoms with van der Waals surface area (Å²) in [4.78, 5) is 58.5. The number of unbranched alkanes of at least 4 members (excludes halogenated alkanes) is 23. The average Bonchev–Trinajstić information content (AvgIpc) is 2.05. The molecule has 0 aromatic carbocycles. The van der Waals surface area contributed by atoms with E-state index in [4.69, 9.17) is 32.3 Å². The summed E-state index contributed by atoms with van der Waals surface area (Å²) in [5.41, 5.74) is 0. The maximum Gasteiger partial charge on any atom is 0.472 e. The lowest BCUT2D eigenvalue weighted by Crippen LogP contribution is -2.30. The SMILES string of the molecule is CC/C=C\C/C=C\C/C=C\C/C=C\C/C=C\C/C=C\CCCCCCCCCCC(=O)OCC(O)COP(=O)(O)OCC(O)COP(=O)(O)OCC(COC(=O)CCCCCCCCC/C=C\C/C=C\C/C=C\CC)OC(=O)CCCCCCC/C=C\C/C=C\CCCCC. The zero-order valence-electron chi connectivity index (χ0n) is 59.0. The van der Waals surface area contributed by atoms with Crippen LogP contribution in [0, 0.1) is 0 Å². The van der Waals surface area contributed by atoms with E-state index < -0.39 is 91.5 Å². The number of phosphoric acid groups is 2. The molecule has 0 rings (SSSR count). The second-order valence-electron chi connectivity index (χ2n) is 24.0. The molecule has 4 N–H and O–H groups in total. The van der Waals surface area contributed by atoms with Crippen LogP contribution in [0.5, 0.6) is 0 Å². The Morgan fingerprint density at radius 1 is 0.305 bits per heavy atom. The minimum absolute atomic E-state index is 0.0837. The molecular formula is C77H130O16P2. The van der Waals surface area contributed by atoms with E-state index in [2.05, 4.69) is 154 Å². The number of aliphatic hydroxyl groups excluding tert-OH is 2. The number of esters is 3. The first kappa shape index (κ1) is 90.7. The Labute approximate surface area is 575 Å². The van der Waals surface area contributed by atoms with Crippen LogP contribution in [-0.4, -0.2) is 95.9 Å². The van der Waals surface area contributed by atoms with Gasteiger partial charge < -0.3 is 34.2 Å². The Bertz CT molecular complexity index is 2260. The molecule has 544 valence electrons. The van der Waals surface area contributed by atoms with Crippen molar-refractivity contribution in [1.82, 2.24) is 0 Å². The minimum Gasteiger partial charge on any atom is -0.463 e. The number of carbonyl (C=O) groups excluding carboxylic acids is 3. The number of ether oxygens (including phenoxy) is 3. The van der Waals surface area contributed by atoms with E-state index in [1.807, 2.05) is 0 Å². The lowest BCUT2D eigenvalue weighted by molar-refractivity contribution is -0.161. The summed E-state index contributed by atoms with van der Waals surface area (Å²) in [7, 11) is -9.79. The van der Waals surface area contributed by atoms with Crippen LogP contribution in [0.1, 0.15) is 278 Å². The molecule has 0 saturated heterocycles. The van der Waals surface area contributed by atoms with Crippen LogP contribution in [0.2, 0.25) is 0 Å². The molecule has 0 fully saturated rings. The average molecular weight is 1370 g/mol. The quantitative estimate of drug-likeness (QED) is 0.0146. The van der Waals surface area contributed by atoms with Crippen molar-refractivity contribution in [2.24, 2.45) is 0 Å². The highest BCUT2D eigenvalue weighted by Crippen LogP contribution is 2.45. The molecule has 0 spiro atoms. The van der Waals surface area contributed by atoms with Gasteiger partial charge in [-0.05, 0) is 135 Å². The molecule has 0 saturated carbocycles. The van der Waals surface area contributed by atoms with Gasteiger partial charge in [-0.1, -0.05) is 257 Å². The molecule has 16 nitrogen and oxygen atoms in total. The third-order valence-electron chi connectivity index (χ3n) is 14.8. The van der Waals surface area contributed by atoms with Gasteiger partial charge in [0.15, 0.2) is 6.10 Å². The fourth-order valence-electron chi connectivity index (χ4n) is 9.32. The van der Waals surface area contributed by atoms with E-state index in [0.717, 1.165) is 180 Å².